The van der Waals surface area contributed by atoms with Crippen molar-refractivity contribution in [2.24, 2.45) is 0 Å². The predicted octanol–water partition coefficient (Wildman–Crippen LogP) is 2.87. The van der Waals surface area contributed by atoms with Crippen molar-refractivity contribution in [3.05, 3.63) is 65.2 Å². The molecule has 0 bridgehead atoms. The molecule has 0 aromatic heterocycles. The number of rotatable bonds is 7. The molecule has 1 aliphatic rings. The average Bonchev–Trinajstić information content (AvgIpc) is 2.78. The van der Waals surface area contributed by atoms with Crippen LogP contribution in [0.1, 0.15) is 36.0 Å². The summed E-state index contributed by atoms with van der Waals surface area (Å²) in [5.41, 5.74) is 2.75. The molecule has 0 saturated carbocycles. The third-order valence-electron chi connectivity index (χ3n) is 5.74. The van der Waals surface area contributed by atoms with Gasteiger partial charge < -0.3 is 9.64 Å². The van der Waals surface area contributed by atoms with Gasteiger partial charge in [0.25, 0.3) is 5.91 Å². The van der Waals surface area contributed by atoms with E-state index in [1.54, 1.807) is 24.0 Å². The molecule has 0 radical (unpaired) electrons. The standard InChI is InChI=1S/C24H30N2O5S/c1-18-9-10-22(20(3)15-18)32(29,30)26-13-11-25(12-14-26)23(27)17-31-24(28)16-19(2)21-7-5-4-6-8-21/h4-10,15,19H,11-14,16-17H2,1-3H3/t19-/m0/s1. The SMILES string of the molecule is Cc1ccc(S(=O)(=O)N2CCN(C(=O)COC(=O)C[C@H](C)c3ccccc3)CC2)c(C)c1. The van der Waals surface area contributed by atoms with Crippen LogP contribution in [0.15, 0.2) is 53.4 Å². The van der Waals surface area contributed by atoms with Gasteiger partial charge in [-0.15, -0.1) is 0 Å². The number of hydrogen-bond acceptors (Lipinski definition) is 5. The first-order valence-corrected chi connectivity index (χ1v) is 12.2. The number of hydrogen-bond donors (Lipinski definition) is 0. The highest BCUT2D eigenvalue weighted by atomic mass is 32.2. The van der Waals surface area contributed by atoms with Crippen LogP contribution in [0.25, 0.3) is 0 Å². The topological polar surface area (TPSA) is 84.0 Å². The minimum Gasteiger partial charge on any atom is -0.456 e. The fraction of sp³-hybridized carbons (Fsp3) is 0.417. The molecule has 3 rings (SSSR count). The van der Waals surface area contributed by atoms with Crippen molar-refractivity contribution < 1.29 is 22.7 Å². The van der Waals surface area contributed by atoms with Crippen LogP contribution in [-0.4, -0.2) is 62.3 Å². The van der Waals surface area contributed by atoms with Crippen molar-refractivity contribution in [3.8, 4) is 0 Å². The Morgan fingerprint density at radius 2 is 1.66 bits per heavy atom. The lowest BCUT2D eigenvalue weighted by atomic mass is 9.98. The van der Waals surface area contributed by atoms with E-state index in [2.05, 4.69) is 0 Å². The molecule has 172 valence electrons. The Bertz CT molecular complexity index is 1060. The number of ether oxygens (including phenoxy) is 1. The zero-order chi connectivity index (χ0) is 23.3. The molecule has 1 aliphatic heterocycles. The van der Waals surface area contributed by atoms with Crippen LogP contribution in [-0.2, 0) is 24.3 Å². The van der Waals surface area contributed by atoms with Gasteiger partial charge in [0, 0.05) is 26.2 Å². The van der Waals surface area contributed by atoms with Crippen molar-refractivity contribution >= 4 is 21.9 Å². The summed E-state index contributed by atoms with van der Waals surface area (Å²) < 4.78 is 32.5. The Morgan fingerprint density at radius 3 is 2.28 bits per heavy atom. The van der Waals surface area contributed by atoms with Crippen LogP contribution in [0.2, 0.25) is 0 Å². The molecule has 0 unspecified atom stereocenters. The predicted molar refractivity (Wildman–Crippen MR) is 122 cm³/mol. The van der Waals surface area contributed by atoms with E-state index in [9.17, 15) is 18.0 Å². The molecular formula is C24H30N2O5S. The summed E-state index contributed by atoms with van der Waals surface area (Å²) in [4.78, 5) is 26.4. The van der Waals surface area contributed by atoms with Crippen LogP contribution in [0.5, 0.6) is 0 Å². The van der Waals surface area contributed by atoms with E-state index in [1.165, 1.54) is 4.31 Å². The Balaban J connectivity index is 1.48. The Morgan fingerprint density at radius 1 is 1.00 bits per heavy atom. The highest BCUT2D eigenvalue weighted by molar-refractivity contribution is 7.89. The van der Waals surface area contributed by atoms with Crippen molar-refractivity contribution in [2.45, 2.75) is 38.0 Å². The smallest absolute Gasteiger partial charge is 0.306 e. The molecule has 2 aromatic rings. The van der Waals surface area contributed by atoms with E-state index in [0.29, 0.717) is 10.5 Å². The minimum absolute atomic E-state index is 0.00205. The number of esters is 1. The summed E-state index contributed by atoms with van der Waals surface area (Å²) in [6.45, 7) is 6.26. The van der Waals surface area contributed by atoms with Crippen molar-refractivity contribution in [1.29, 1.82) is 0 Å². The maximum absolute atomic E-state index is 13.0. The van der Waals surface area contributed by atoms with Gasteiger partial charge in [-0.05, 0) is 37.0 Å². The summed E-state index contributed by atoms with van der Waals surface area (Å²) in [5.74, 6) is -0.738. The number of nitrogens with zero attached hydrogens (tertiary/aromatic N) is 2. The molecule has 0 spiro atoms. The Kier molecular flexibility index (Phi) is 7.69. The van der Waals surface area contributed by atoms with E-state index >= 15 is 0 Å². The van der Waals surface area contributed by atoms with Crippen LogP contribution in [0.3, 0.4) is 0 Å². The fourth-order valence-corrected chi connectivity index (χ4v) is 5.48. The summed E-state index contributed by atoms with van der Waals surface area (Å²) in [6, 6.07) is 14.9. The summed E-state index contributed by atoms with van der Waals surface area (Å²) in [5, 5.41) is 0. The van der Waals surface area contributed by atoms with E-state index < -0.39 is 16.0 Å². The third kappa shape index (κ3) is 5.75. The summed E-state index contributed by atoms with van der Waals surface area (Å²) >= 11 is 0. The molecule has 1 fully saturated rings. The maximum atomic E-state index is 13.0. The highest BCUT2D eigenvalue weighted by Crippen LogP contribution is 2.22. The van der Waals surface area contributed by atoms with Gasteiger partial charge in [-0.3, -0.25) is 9.59 Å². The molecule has 7 nitrogen and oxygen atoms in total. The zero-order valence-electron chi connectivity index (χ0n) is 18.8. The number of amides is 1. The first-order valence-electron chi connectivity index (χ1n) is 10.7. The second-order valence-electron chi connectivity index (χ2n) is 8.23. The summed E-state index contributed by atoms with van der Waals surface area (Å²) in [6.07, 6.45) is 0.194. The van der Waals surface area contributed by atoms with E-state index in [4.69, 9.17) is 4.74 Å². The number of aryl methyl sites for hydroxylation is 2. The molecule has 0 N–H and O–H groups in total. The normalized spacial score (nSPS) is 15.9. The van der Waals surface area contributed by atoms with Crippen LogP contribution in [0.4, 0.5) is 0 Å². The second kappa shape index (κ2) is 10.3. The van der Waals surface area contributed by atoms with Gasteiger partial charge in [0.2, 0.25) is 10.0 Å². The van der Waals surface area contributed by atoms with Gasteiger partial charge in [0.15, 0.2) is 6.61 Å². The lowest BCUT2D eigenvalue weighted by Gasteiger charge is -2.34. The fourth-order valence-electron chi connectivity index (χ4n) is 3.85. The highest BCUT2D eigenvalue weighted by Gasteiger charge is 2.31. The van der Waals surface area contributed by atoms with Crippen molar-refractivity contribution in [3.63, 3.8) is 0 Å². The van der Waals surface area contributed by atoms with E-state index in [0.717, 1.165) is 11.1 Å². The van der Waals surface area contributed by atoms with Gasteiger partial charge in [0.1, 0.15) is 0 Å². The number of carbonyl (C=O) groups is 2. The van der Waals surface area contributed by atoms with Gasteiger partial charge >= 0.3 is 5.97 Å². The number of carbonyl (C=O) groups excluding carboxylic acids is 2. The molecule has 1 amide bonds. The second-order valence-corrected chi connectivity index (χ2v) is 10.1. The monoisotopic (exact) mass is 458 g/mol. The molecular weight excluding hydrogens is 428 g/mol. The third-order valence-corrected chi connectivity index (χ3v) is 7.80. The summed E-state index contributed by atoms with van der Waals surface area (Å²) in [7, 11) is -3.61. The Hall–Kier alpha value is -2.71. The van der Waals surface area contributed by atoms with Crippen molar-refractivity contribution in [1.82, 2.24) is 9.21 Å². The molecule has 1 saturated heterocycles. The zero-order valence-corrected chi connectivity index (χ0v) is 19.6. The molecule has 1 atom stereocenters. The molecule has 1 heterocycles. The lowest BCUT2D eigenvalue weighted by molar-refractivity contribution is -0.152. The van der Waals surface area contributed by atoms with Crippen LogP contribution < -0.4 is 0 Å². The first kappa shape index (κ1) is 23.9. The quantitative estimate of drug-likeness (QED) is 0.596. The number of sulfonamides is 1. The van der Waals surface area contributed by atoms with Gasteiger partial charge in [0.05, 0.1) is 11.3 Å². The first-order chi connectivity index (χ1) is 15.2. The van der Waals surface area contributed by atoms with Crippen LogP contribution >= 0.6 is 0 Å². The molecule has 2 aromatic carbocycles. The van der Waals surface area contributed by atoms with Gasteiger partial charge in [-0.1, -0.05) is 55.0 Å². The Labute approximate surface area is 190 Å². The molecule has 8 heteroatoms. The minimum atomic E-state index is -3.61. The van der Waals surface area contributed by atoms with E-state index in [1.807, 2.05) is 50.2 Å². The van der Waals surface area contributed by atoms with E-state index in [-0.39, 0.29) is 51.0 Å². The number of benzene rings is 2. The number of piperazine rings is 1. The molecule has 0 aliphatic carbocycles. The largest absolute Gasteiger partial charge is 0.456 e. The van der Waals surface area contributed by atoms with Gasteiger partial charge in [-0.2, -0.15) is 4.31 Å². The lowest BCUT2D eigenvalue weighted by Crippen LogP contribution is -2.51. The average molecular weight is 459 g/mol. The molecule has 32 heavy (non-hydrogen) atoms. The maximum Gasteiger partial charge on any atom is 0.306 e. The van der Waals surface area contributed by atoms with Crippen molar-refractivity contribution in [2.75, 3.05) is 32.8 Å². The van der Waals surface area contributed by atoms with Crippen LogP contribution in [0, 0.1) is 13.8 Å². The van der Waals surface area contributed by atoms with Gasteiger partial charge in [-0.25, -0.2) is 8.42 Å².